The zero-order valence-corrected chi connectivity index (χ0v) is 19.2. The van der Waals surface area contributed by atoms with E-state index in [9.17, 15) is 8.42 Å². The molecule has 0 amide bonds. The van der Waals surface area contributed by atoms with Crippen molar-refractivity contribution >= 4 is 10.1 Å². The molecule has 1 aromatic carbocycles. The number of rotatable bonds is 9. The van der Waals surface area contributed by atoms with Gasteiger partial charge in [0.1, 0.15) is 0 Å². The van der Waals surface area contributed by atoms with Crippen molar-refractivity contribution in [2.24, 2.45) is 10.8 Å². The van der Waals surface area contributed by atoms with Gasteiger partial charge in [-0.05, 0) is 44.7 Å². The topological polar surface area (TPSA) is 43.4 Å². The number of hydrogen-bond donors (Lipinski definition) is 0. The minimum Gasteiger partial charge on any atom is -0.266 e. The normalized spacial score (nSPS) is 19.2. The smallest absolute Gasteiger partial charge is 0.266 e. The van der Waals surface area contributed by atoms with E-state index in [-0.39, 0.29) is 22.3 Å². The fraction of sp³-hybridized carbons (Fsp3) is 0.333. The lowest BCUT2D eigenvalue weighted by molar-refractivity contribution is 0.313. The molecule has 0 heterocycles. The summed E-state index contributed by atoms with van der Waals surface area (Å²) in [7, 11) is -3.70. The number of aryl methyl sites for hydroxylation is 1. The van der Waals surface area contributed by atoms with Crippen molar-refractivity contribution < 1.29 is 12.6 Å². The van der Waals surface area contributed by atoms with Gasteiger partial charge in [-0.25, -0.2) is 0 Å². The van der Waals surface area contributed by atoms with Crippen LogP contribution in [0.5, 0.6) is 0 Å². The van der Waals surface area contributed by atoms with Crippen molar-refractivity contribution in [2.75, 3.05) is 6.61 Å². The molecule has 0 unspecified atom stereocenters. The van der Waals surface area contributed by atoms with Crippen LogP contribution in [-0.2, 0) is 14.3 Å². The largest absolute Gasteiger partial charge is 0.296 e. The molecule has 0 N–H and O–H groups in total. The van der Waals surface area contributed by atoms with Gasteiger partial charge in [0.25, 0.3) is 10.1 Å². The molecule has 0 aliphatic heterocycles. The fourth-order valence-corrected chi connectivity index (χ4v) is 4.56. The minimum absolute atomic E-state index is 0.103. The Labute approximate surface area is 187 Å². The Morgan fingerprint density at radius 1 is 0.935 bits per heavy atom. The van der Waals surface area contributed by atoms with E-state index < -0.39 is 10.1 Å². The number of unbranched alkanes of at least 4 members (excludes halogenated alkanes) is 1. The van der Waals surface area contributed by atoms with E-state index in [1.54, 1.807) is 24.3 Å². The first-order valence-corrected chi connectivity index (χ1v) is 12.4. The predicted molar refractivity (Wildman–Crippen MR) is 128 cm³/mol. The summed E-state index contributed by atoms with van der Waals surface area (Å²) in [4.78, 5) is 0.203. The van der Waals surface area contributed by atoms with Crippen molar-refractivity contribution in [3.63, 3.8) is 0 Å². The molecule has 3 rings (SSSR count). The quantitative estimate of drug-likeness (QED) is 0.248. The second-order valence-corrected chi connectivity index (χ2v) is 9.77. The second-order valence-electron chi connectivity index (χ2n) is 8.15. The van der Waals surface area contributed by atoms with Crippen molar-refractivity contribution in [3.05, 3.63) is 103 Å². The first-order chi connectivity index (χ1) is 14.9. The molecular weight excluding hydrogens is 404 g/mol. The highest BCUT2D eigenvalue weighted by atomic mass is 32.2. The van der Waals surface area contributed by atoms with E-state index in [4.69, 9.17) is 4.18 Å². The van der Waals surface area contributed by atoms with Crippen molar-refractivity contribution in [1.82, 2.24) is 0 Å². The van der Waals surface area contributed by atoms with Gasteiger partial charge >= 0.3 is 0 Å². The Hall–Kier alpha value is -2.43. The molecule has 0 radical (unpaired) electrons. The maximum absolute atomic E-state index is 12.3. The predicted octanol–water partition coefficient (Wildman–Crippen LogP) is 6.62. The summed E-state index contributed by atoms with van der Waals surface area (Å²) in [5.41, 5.74) is 0.672. The third-order valence-corrected chi connectivity index (χ3v) is 6.85. The molecule has 3 nitrogen and oxygen atoms in total. The van der Waals surface area contributed by atoms with E-state index in [0.29, 0.717) is 6.42 Å². The van der Waals surface area contributed by atoms with Crippen LogP contribution in [0.1, 0.15) is 38.2 Å². The summed E-state index contributed by atoms with van der Waals surface area (Å²) in [6.07, 6.45) is 29.9. The zero-order chi connectivity index (χ0) is 22.2. The summed E-state index contributed by atoms with van der Waals surface area (Å²) in [5.74, 6) is 0. The molecule has 0 saturated heterocycles. The van der Waals surface area contributed by atoms with E-state index in [1.807, 2.05) is 6.92 Å². The highest BCUT2D eigenvalue weighted by molar-refractivity contribution is 7.86. The maximum atomic E-state index is 12.3. The Morgan fingerprint density at radius 2 is 1.58 bits per heavy atom. The minimum atomic E-state index is -3.70. The van der Waals surface area contributed by atoms with Crippen molar-refractivity contribution in [3.8, 4) is 0 Å². The van der Waals surface area contributed by atoms with Crippen LogP contribution >= 0.6 is 0 Å². The average Bonchev–Trinajstić information content (AvgIpc) is 2.78. The lowest BCUT2D eigenvalue weighted by Gasteiger charge is -2.31. The molecule has 1 aromatic rings. The highest BCUT2D eigenvalue weighted by Gasteiger charge is 2.27. The van der Waals surface area contributed by atoms with Gasteiger partial charge in [-0.15, -0.1) is 0 Å². The lowest BCUT2D eigenvalue weighted by atomic mass is 9.73. The van der Waals surface area contributed by atoms with Gasteiger partial charge in [0.05, 0.1) is 11.5 Å². The molecule has 0 atom stereocenters. The van der Waals surface area contributed by atoms with E-state index >= 15 is 0 Å². The van der Waals surface area contributed by atoms with Crippen LogP contribution in [0.25, 0.3) is 0 Å². The Bertz CT molecular complexity index is 991. The molecule has 31 heavy (non-hydrogen) atoms. The van der Waals surface area contributed by atoms with E-state index in [1.165, 1.54) is 0 Å². The molecule has 2 aliphatic rings. The Morgan fingerprint density at radius 3 is 2.23 bits per heavy atom. The molecular formula is C27H32O3S. The fourth-order valence-electron chi connectivity index (χ4n) is 3.62. The highest BCUT2D eigenvalue weighted by Crippen LogP contribution is 2.39. The maximum Gasteiger partial charge on any atom is 0.296 e. The molecule has 0 saturated carbocycles. The van der Waals surface area contributed by atoms with Gasteiger partial charge in [-0.2, -0.15) is 8.42 Å². The molecule has 1 spiro atoms. The van der Waals surface area contributed by atoms with Crippen LogP contribution in [0.2, 0.25) is 0 Å². The third-order valence-electron chi connectivity index (χ3n) is 5.52. The average molecular weight is 437 g/mol. The van der Waals surface area contributed by atoms with Gasteiger partial charge in [0, 0.05) is 10.8 Å². The standard InChI is InChI=1S/C27H32O3S/c1-3-4-15-26(19-21-27(22-20-26)16-7-5-8-17-27)18-9-6-10-23-30-31(28,29)25-13-11-24(2)12-14-25/h4,7-9,11-22H,3,5-6,10,23H2,1-2H3/b15-4-,18-9-. The monoisotopic (exact) mass is 436 g/mol. The van der Waals surface area contributed by atoms with Crippen LogP contribution in [0.3, 0.4) is 0 Å². The van der Waals surface area contributed by atoms with Crippen LogP contribution in [-0.4, -0.2) is 15.0 Å². The Balaban J connectivity index is 1.56. The van der Waals surface area contributed by atoms with Gasteiger partial charge in [-0.1, -0.05) is 97.5 Å². The Kier molecular flexibility index (Phi) is 7.69. The van der Waals surface area contributed by atoms with Gasteiger partial charge in [0.2, 0.25) is 0 Å². The van der Waals surface area contributed by atoms with E-state index in [0.717, 1.165) is 24.8 Å². The second kappa shape index (κ2) is 10.3. The summed E-state index contributed by atoms with van der Waals surface area (Å²) in [6, 6.07) is 6.71. The van der Waals surface area contributed by atoms with Gasteiger partial charge in [0.15, 0.2) is 0 Å². The SMILES string of the molecule is CC/C=C\C1(/C=C\CCCOS(=O)(=O)c2ccc(C)cc2)C=CC2(C=CCC=C2)C=C1. The number of allylic oxidation sites excluding steroid dienone is 12. The van der Waals surface area contributed by atoms with Crippen LogP contribution < -0.4 is 0 Å². The first-order valence-electron chi connectivity index (χ1n) is 11.0. The summed E-state index contributed by atoms with van der Waals surface area (Å²) in [5, 5.41) is 0. The number of hydrogen-bond acceptors (Lipinski definition) is 3. The molecule has 0 aromatic heterocycles. The number of benzene rings is 1. The zero-order valence-electron chi connectivity index (χ0n) is 18.4. The van der Waals surface area contributed by atoms with Gasteiger partial charge < -0.3 is 0 Å². The molecule has 0 bridgehead atoms. The summed E-state index contributed by atoms with van der Waals surface area (Å²) in [6.45, 7) is 4.22. The molecule has 2 aliphatic carbocycles. The van der Waals surface area contributed by atoms with Crippen LogP contribution in [0, 0.1) is 17.8 Å². The molecule has 0 fully saturated rings. The molecule has 4 heteroatoms. The third kappa shape index (κ3) is 6.28. The summed E-state index contributed by atoms with van der Waals surface area (Å²) >= 11 is 0. The lowest BCUT2D eigenvalue weighted by Crippen LogP contribution is -2.19. The van der Waals surface area contributed by atoms with E-state index in [2.05, 4.69) is 79.8 Å². The van der Waals surface area contributed by atoms with Crippen LogP contribution in [0.4, 0.5) is 0 Å². The summed E-state index contributed by atoms with van der Waals surface area (Å²) < 4.78 is 29.7. The first kappa shape index (κ1) is 23.2. The van der Waals surface area contributed by atoms with Crippen LogP contribution in [0.15, 0.2) is 102 Å². The van der Waals surface area contributed by atoms with Gasteiger partial charge in [-0.3, -0.25) is 4.18 Å². The van der Waals surface area contributed by atoms with Crippen molar-refractivity contribution in [1.29, 1.82) is 0 Å². The molecule has 164 valence electrons. The van der Waals surface area contributed by atoms with Crippen molar-refractivity contribution in [2.45, 2.75) is 44.4 Å².